The molecule has 0 radical (unpaired) electrons. The molecule has 0 aromatic carbocycles. The van der Waals surface area contributed by atoms with Crippen LogP contribution in [0.1, 0.15) is 30.1 Å². The van der Waals surface area contributed by atoms with Gasteiger partial charge in [0.05, 0.1) is 0 Å². The van der Waals surface area contributed by atoms with Crippen molar-refractivity contribution in [3.05, 3.63) is 23.9 Å². The van der Waals surface area contributed by atoms with E-state index in [0.29, 0.717) is 11.5 Å². The van der Waals surface area contributed by atoms with Crippen LogP contribution in [0, 0.1) is 5.92 Å². The summed E-state index contributed by atoms with van der Waals surface area (Å²) in [6.45, 7) is 4.24. The molecule has 0 bridgehead atoms. The zero-order valence-electron chi connectivity index (χ0n) is 10.1. The molecule has 1 aromatic rings. The van der Waals surface area contributed by atoms with Crippen LogP contribution >= 0.6 is 0 Å². The highest BCUT2D eigenvalue weighted by atomic mass is 16.5. The maximum Gasteiger partial charge on any atom is 0.161 e. The number of aromatic nitrogens is 1. The zero-order chi connectivity index (χ0) is 12.1. The Morgan fingerprint density at radius 3 is 3.06 bits per heavy atom. The van der Waals surface area contributed by atoms with Crippen LogP contribution in [-0.4, -0.2) is 30.5 Å². The predicted octanol–water partition coefficient (Wildman–Crippen LogP) is 2.12. The van der Waals surface area contributed by atoms with E-state index in [4.69, 9.17) is 4.74 Å². The number of carbonyl (C=O) groups is 1. The summed E-state index contributed by atoms with van der Waals surface area (Å²) >= 11 is 0. The Labute approximate surface area is 101 Å². The van der Waals surface area contributed by atoms with E-state index < -0.39 is 0 Å². The van der Waals surface area contributed by atoms with Crippen molar-refractivity contribution in [2.45, 2.75) is 19.8 Å². The van der Waals surface area contributed by atoms with Crippen LogP contribution in [0.2, 0.25) is 0 Å². The van der Waals surface area contributed by atoms with Gasteiger partial charge in [-0.15, -0.1) is 0 Å². The quantitative estimate of drug-likeness (QED) is 0.793. The van der Waals surface area contributed by atoms with Crippen molar-refractivity contribution >= 4 is 11.6 Å². The minimum atomic E-state index is 0.0483. The molecule has 1 aliphatic heterocycles. The maximum absolute atomic E-state index is 11.1. The van der Waals surface area contributed by atoms with Gasteiger partial charge in [0.15, 0.2) is 5.78 Å². The van der Waals surface area contributed by atoms with Crippen molar-refractivity contribution in [1.82, 2.24) is 4.98 Å². The van der Waals surface area contributed by atoms with Crippen LogP contribution in [0.5, 0.6) is 0 Å². The number of Topliss-reactive ketones (excluding diaryl/α,β-unsaturated/α-hetero) is 1. The Bertz CT molecular complexity index is 370. The monoisotopic (exact) mass is 234 g/mol. The highest BCUT2D eigenvalue weighted by Gasteiger charge is 2.14. The molecule has 0 saturated carbocycles. The van der Waals surface area contributed by atoms with Crippen molar-refractivity contribution in [3.63, 3.8) is 0 Å². The first-order valence-electron chi connectivity index (χ1n) is 6.04. The summed E-state index contributed by atoms with van der Waals surface area (Å²) in [6, 6.07) is 3.65. The Balaban J connectivity index is 1.76. The summed E-state index contributed by atoms with van der Waals surface area (Å²) in [5, 5.41) is 3.26. The van der Waals surface area contributed by atoms with Gasteiger partial charge in [-0.2, -0.15) is 0 Å². The van der Waals surface area contributed by atoms with Gasteiger partial charge in [0.25, 0.3) is 0 Å². The van der Waals surface area contributed by atoms with Gasteiger partial charge in [0.2, 0.25) is 0 Å². The minimum absolute atomic E-state index is 0.0483. The summed E-state index contributed by atoms with van der Waals surface area (Å²) in [5.74, 6) is 1.56. The smallest absolute Gasteiger partial charge is 0.161 e. The van der Waals surface area contributed by atoms with Gasteiger partial charge < -0.3 is 10.1 Å². The number of carbonyl (C=O) groups excluding carboxylic acids is 1. The van der Waals surface area contributed by atoms with Gasteiger partial charge in [-0.05, 0) is 37.8 Å². The van der Waals surface area contributed by atoms with Crippen LogP contribution in [0.25, 0.3) is 0 Å². The first kappa shape index (κ1) is 12.0. The molecule has 4 nitrogen and oxygen atoms in total. The van der Waals surface area contributed by atoms with Crippen molar-refractivity contribution in [2.75, 3.05) is 25.1 Å². The summed E-state index contributed by atoms with van der Waals surface area (Å²) in [4.78, 5) is 15.3. The van der Waals surface area contributed by atoms with E-state index in [1.165, 1.54) is 6.42 Å². The molecule has 2 heterocycles. The molecule has 4 heteroatoms. The van der Waals surface area contributed by atoms with Crippen LogP contribution in [0.15, 0.2) is 18.3 Å². The molecular formula is C13H18N2O2. The molecule has 1 N–H and O–H groups in total. The van der Waals surface area contributed by atoms with Gasteiger partial charge >= 0.3 is 0 Å². The molecule has 2 rings (SSSR count). The fourth-order valence-corrected chi connectivity index (χ4v) is 1.92. The molecule has 1 unspecified atom stereocenters. The highest BCUT2D eigenvalue weighted by molar-refractivity contribution is 5.93. The summed E-state index contributed by atoms with van der Waals surface area (Å²) in [7, 11) is 0. The second-order valence-corrected chi connectivity index (χ2v) is 4.43. The fraction of sp³-hybridized carbons (Fsp3) is 0.538. The third-order valence-electron chi connectivity index (χ3n) is 3.05. The third kappa shape index (κ3) is 3.53. The van der Waals surface area contributed by atoms with Crippen LogP contribution in [-0.2, 0) is 4.74 Å². The number of ketones is 1. The lowest BCUT2D eigenvalue weighted by atomic mass is 10.1. The maximum atomic E-state index is 11.1. The Morgan fingerprint density at radius 1 is 1.59 bits per heavy atom. The lowest BCUT2D eigenvalue weighted by Crippen LogP contribution is -2.10. The van der Waals surface area contributed by atoms with Gasteiger partial charge in [-0.25, -0.2) is 4.98 Å². The number of rotatable bonds is 5. The van der Waals surface area contributed by atoms with Crippen molar-refractivity contribution in [3.8, 4) is 0 Å². The molecule has 1 aliphatic rings. The normalized spacial score (nSPS) is 19.2. The Hall–Kier alpha value is -1.42. The summed E-state index contributed by atoms with van der Waals surface area (Å²) < 4.78 is 5.32. The second-order valence-electron chi connectivity index (χ2n) is 4.43. The van der Waals surface area contributed by atoms with Crippen molar-refractivity contribution in [2.24, 2.45) is 5.92 Å². The number of ether oxygens (including phenoxy) is 1. The van der Waals surface area contributed by atoms with Crippen LogP contribution in [0.3, 0.4) is 0 Å². The molecule has 1 saturated heterocycles. The summed E-state index contributed by atoms with van der Waals surface area (Å²) in [5.41, 5.74) is 0.653. The van der Waals surface area contributed by atoms with E-state index in [-0.39, 0.29) is 5.78 Å². The molecule has 92 valence electrons. The van der Waals surface area contributed by atoms with Gasteiger partial charge in [-0.1, -0.05) is 0 Å². The lowest BCUT2D eigenvalue weighted by molar-refractivity contribution is 0.101. The number of hydrogen-bond acceptors (Lipinski definition) is 4. The first-order chi connectivity index (χ1) is 8.25. The van der Waals surface area contributed by atoms with Gasteiger partial charge in [0, 0.05) is 31.5 Å². The van der Waals surface area contributed by atoms with E-state index in [0.717, 1.165) is 32.0 Å². The van der Waals surface area contributed by atoms with E-state index in [1.807, 2.05) is 6.07 Å². The van der Waals surface area contributed by atoms with Gasteiger partial charge in [-0.3, -0.25) is 4.79 Å². The molecule has 1 atom stereocenters. The van der Waals surface area contributed by atoms with Gasteiger partial charge in [0.1, 0.15) is 5.82 Å². The predicted molar refractivity (Wildman–Crippen MR) is 66.3 cm³/mol. The van der Waals surface area contributed by atoms with E-state index in [9.17, 15) is 4.79 Å². The lowest BCUT2D eigenvalue weighted by Gasteiger charge is -2.09. The topological polar surface area (TPSA) is 51.2 Å². The molecule has 0 amide bonds. The number of hydrogen-bond donors (Lipinski definition) is 1. The van der Waals surface area contributed by atoms with E-state index >= 15 is 0 Å². The number of anilines is 1. The largest absolute Gasteiger partial charge is 0.381 e. The number of pyridine rings is 1. The third-order valence-corrected chi connectivity index (χ3v) is 3.05. The Morgan fingerprint density at radius 2 is 2.47 bits per heavy atom. The molecule has 1 aromatic heterocycles. The number of nitrogens with zero attached hydrogens (tertiary/aromatic N) is 1. The first-order valence-corrected chi connectivity index (χ1v) is 6.04. The standard InChI is InChI=1S/C13H18N2O2/c1-10(16)12-2-3-13(15-8-12)14-6-4-11-5-7-17-9-11/h2-3,8,11H,4-7,9H2,1H3,(H,14,15). The molecule has 1 fully saturated rings. The van der Waals surface area contributed by atoms with Crippen molar-refractivity contribution in [1.29, 1.82) is 0 Å². The van der Waals surface area contributed by atoms with E-state index in [2.05, 4.69) is 10.3 Å². The average Bonchev–Trinajstić information content (AvgIpc) is 2.83. The average molecular weight is 234 g/mol. The Kier molecular flexibility index (Phi) is 4.09. The highest BCUT2D eigenvalue weighted by Crippen LogP contribution is 2.16. The SMILES string of the molecule is CC(=O)c1ccc(NCCC2CCOC2)nc1. The summed E-state index contributed by atoms with van der Waals surface area (Å²) in [6.07, 6.45) is 3.89. The second kappa shape index (κ2) is 5.77. The molecule has 0 aliphatic carbocycles. The molecule has 17 heavy (non-hydrogen) atoms. The van der Waals surface area contributed by atoms with Crippen LogP contribution in [0.4, 0.5) is 5.82 Å². The fourth-order valence-electron chi connectivity index (χ4n) is 1.92. The van der Waals surface area contributed by atoms with Crippen molar-refractivity contribution < 1.29 is 9.53 Å². The van der Waals surface area contributed by atoms with E-state index in [1.54, 1.807) is 19.2 Å². The number of nitrogens with one attached hydrogen (secondary N) is 1. The van der Waals surface area contributed by atoms with Crippen LogP contribution < -0.4 is 5.32 Å². The zero-order valence-corrected chi connectivity index (χ0v) is 10.1. The molecular weight excluding hydrogens is 216 g/mol. The molecule has 0 spiro atoms. The minimum Gasteiger partial charge on any atom is -0.381 e.